The van der Waals surface area contributed by atoms with E-state index in [9.17, 15) is 4.79 Å². The molecule has 0 aromatic heterocycles. The van der Waals surface area contributed by atoms with Gasteiger partial charge in [-0.15, -0.1) is 0 Å². The lowest BCUT2D eigenvalue weighted by Gasteiger charge is -2.18. The molecule has 19 heavy (non-hydrogen) atoms. The lowest BCUT2D eigenvalue weighted by molar-refractivity contribution is -0.120. The summed E-state index contributed by atoms with van der Waals surface area (Å²) in [6.07, 6.45) is 0.868. The van der Waals surface area contributed by atoms with E-state index in [0.717, 1.165) is 12.0 Å². The first-order valence-corrected chi connectivity index (χ1v) is 7.17. The zero-order valence-electron chi connectivity index (χ0n) is 11.5. The fourth-order valence-electron chi connectivity index (χ4n) is 1.82. The number of benzene rings is 1. The highest BCUT2D eigenvalue weighted by Crippen LogP contribution is 2.26. The summed E-state index contributed by atoms with van der Waals surface area (Å²) < 4.78 is 0. The summed E-state index contributed by atoms with van der Waals surface area (Å²) in [5, 5.41) is 7.14. The summed E-state index contributed by atoms with van der Waals surface area (Å²) in [6, 6.07) is 5.78. The van der Waals surface area contributed by atoms with Crippen molar-refractivity contribution in [1.82, 2.24) is 10.6 Å². The minimum Gasteiger partial charge on any atom is -0.353 e. The van der Waals surface area contributed by atoms with Gasteiger partial charge in [0.25, 0.3) is 0 Å². The maximum atomic E-state index is 11.6. The van der Waals surface area contributed by atoms with E-state index < -0.39 is 0 Å². The Balaban J connectivity index is 2.62. The van der Waals surface area contributed by atoms with Crippen LogP contribution in [0.15, 0.2) is 18.2 Å². The fraction of sp³-hybridized carbons (Fsp3) is 0.500. The molecule has 0 bridgehead atoms. The predicted octanol–water partition coefficient (Wildman–Crippen LogP) is 3.56. The Bertz CT molecular complexity index is 435. The molecule has 0 radical (unpaired) electrons. The SMILES string of the molecule is CCC(NCC(=O)NC(C)C)c1ccc(Cl)c(Cl)c1. The van der Waals surface area contributed by atoms with Gasteiger partial charge in [0, 0.05) is 12.1 Å². The Morgan fingerprint density at radius 3 is 2.47 bits per heavy atom. The zero-order chi connectivity index (χ0) is 14.4. The Hall–Kier alpha value is -0.770. The molecule has 0 heterocycles. The summed E-state index contributed by atoms with van der Waals surface area (Å²) >= 11 is 11.9. The van der Waals surface area contributed by atoms with E-state index in [2.05, 4.69) is 17.6 Å². The largest absolute Gasteiger partial charge is 0.353 e. The summed E-state index contributed by atoms with van der Waals surface area (Å²) in [5.41, 5.74) is 1.04. The van der Waals surface area contributed by atoms with Gasteiger partial charge in [0.05, 0.1) is 16.6 Å². The van der Waals surface area contributed by atoms with Gasteiger partial charge in [-0.3, -0.25) is 4.79 Å². The highest BCUT2D eigenvalue weighted by Gasteiger charge is 2.12. The van der Waals surface area contributed by atoms with Crippen molar-refractivity contribution in [2.75, 3.05) is 6.54 Å². The van der Waals surface area contributed by atoms with Crippen molar-refractivity contribution in [2.24, 2.45) is 0 Å². The molecule has 1 aromatic rings. The molecule has 0 fully saturated rings. The lowest BCUT2D eigenvalue weighted by atomic mass is 10.0. The van der Waals surface area contributed by atoms with Gasteiger partial charge in [0.1, 0.15) is 0 Å². The minimum absolute atomic E-state index is 0.00601. The lowest BCUT2D eigenvalue weighted by Crippen LogP contribution is -2.38. The zero-order valence-corrected chi connectivity index (χ0v) is 13.0. The standard InChI is InChI=1S/C14H20Cl2N2O/c1-4-13(17-8-14(19)18-9(2)3)10-5-6-11(15)12(16)7-10/h5-7,9,13,17H,4,8H2,1-3H3,(H,18,19). The number of amides is 1. The number of hydrogen-bond acceptors (Lipinski definition) is 2. The fourth-order valence-corrected chi connectivity index (χ4v) is 2.12. The Kier molecular flexibility index (Phi) is 6.63. The Morgan fingerprint density at radius 2 is 1.95 bits per heavy atom. The van der Waals surface area contributed by atoms with Gasteiger partial charge < -0.3 is 10.6 Å². The number of carbonyl (C=O) groups excluding carboxylic acids is 1. The van der Waals surface area contributed by atoms with E-state index in [1.165, 1.54) is 0 Å². The van der Waals surface area contributed by atoms with Crippen LogP contribution in [0, 0.1) is 0 Å². The molecule has 2 N–H and O–H groups in total. The van der Waals surface area contributed by atoms with Crippen molar-refractivity contribution >= 4 is 29.1 Å². The quantitative estimate of drug-likeness (QED) is 0.843. The molecule has 0 spiro atoms. The normalized spacial score (nSPS) is 12.5. The van der Waals surface area contributed by atoms with Gasteiger partial charge in [-0.05, 0) is 38.0 Å². The molecule has 0 aliphatic carbocycles. The van der Waals surface area contributed by atoms with E-state index in [4.69, 9.17) is 23.2 Å². The molecule has 1 amide bonds. The summed E-state index contributed by atoms with van der Waals surface area (Å²) in [6.45, 7) is 6.22. The molecule has 5 heteroatoms. The summed E-state index contributed by atoms with van der Waals surface area (Å²) in [7, 11) is 0. The first-order valence-electron chi connectivity index (χ1n) is 6.41. The molecule has 1 atom stereocenters. The summed E-state index contributed by atoms with van der Waals surface area (Å²) in [5.74, 6) is -0.00601. The van der Waals surface area contributed by atoms with Crippen LogP contribution in [0.1, 0.15) is 38.8 Å². The Morgan fingerprint density at radius 1 is 1.26 bits per heavy atom. The van der Waals surface area contributed by atoms with E-state index in [0.29, 0.717) is 10.0 Å². The molecule has 0 aliphatic heterocycles. The van der Waals surface area contributed by atoms with Crippen molar-refractivity contribution in [3.63, 3.8) is 0 Å². The van der Waals surface area contributed by atoms with Crippen LogP contribution in [-0.2, 0) is 4.79 Å². The third-order valence-corrected chi connectivity index (χ3v) is 3.45. The second-order valence-corrected chi connectivity index (χ2v) is 5.55. The van der Waals surface area contributed by atoms with Crippen LogP contribution in [0.4, 0.5) is 0 Å². The van der Waals surface area contributed by atoms with Gasteiger partial charge in [0.2, 0.25) is 5.91 Å². The van der Waals surface area contributed by atoms with Gasteiger partial charge in [-0.25, -0.2) is 0 Å². The third-order valence-electron chi connectivity index (χ3n) is 2.71. The number of rotatable bonds is 6. The molecule has 0 saturated carbocycles. The number of carbonyl (C=O) groups is 1. The maximum Gasteiger partial charge on any atom is 0.234 e. The van der Waals surface area contributed by atoms with Crippen LogP contribution in [0.3, 0.4) is 0 Å². The number of halogens is 2. The van der Waals surface area contributed by atoms with Crippen LogP contribution in [0.5, 0.6) is 0 Å². The molecule has 1 rings (SSSR count). The first kappa shape index (κ1) is 16.3. The average molecular weight is 303 g/mol. The van der Waals surface area contributed by atoms with Gasteiger partial charge in [0.15, 0.2) is 0 Å². The molecule has 1 unspecified atom stereocenters. The molecule has 106 valence electrons. The molecular weight excluding hydrogens is 283 g/mol. The second-order valence-electron chi connectivity index (χ2n) is 4.74. The van der Waals surface area contributed by atoms with Crippen molar-refractivity contribution in [3.05, 3.63) is 33.8 Å². The molecular formula is C14H20Cl2N2O. The van der Waals surface area contributed by atoms with Crippen LogP contribution >= 0.6 is 23.2 Å². The number of nitrogens with one attached hydrogen (secondary N) is 2. The first-order chi connectivity index (χ1) is 8.93. The van der Waals surface area contributed by atoms with Crippen LogP contribution in [-0.4, -0.2) is 18.5 Å². The Labute approximate surface area is 124 Å². The van der Waals surface area contributed by atoms with E-state index in [1.54, 1.807) is 6.07 Å². The van der Waals surface area contributed by atoms with Crippen molar-refractivity contribution in [3.8, 4) is 0 Å². The van der Waals surface area contributed by atoms with Crippen molar-refractivity contribution < 1.29 is 4.79 Å². The highest BCUT2D eigenvalue weighted by molar-refractivity contribution is 6.42. The topological polar surface area (TPSA) is 41.1 Å². The monoisotopic (exact) mass is 302 g/mol. The molecule has 1 aromatic carbocycles. The van der Waals surface area contributed by atoms with Crippen molar-refractivity contribution in [2.45, 2.75) is 39.3 Å². The predicted molar refractivity (Wildman–Crippen MR) is 80.8 cm³/mol. The highest BCUT2D eigenvalue weighted by atomic mass is 35.5. The smallest absolute Gasteiger partial charge is 0.234 e. The van der Waals surface area contributed by atoms with Crippen LogP contribution < -0.4 is 10.6 Å². The second kappa shape index (κ2) is 7.73. The average Bonchev–Trinajstić information content (AvgIpc) is 2.33. The van der Waals surface area contributed by atoms with Crippen LogP contribution in [0.2, 0.25) is 10.0 Å². The molecule has 3 nitrogen and oxygen atoms in total. The van der Waals surface area contributed by atoms with E-state index in [1.807, 2.05) is 26.0 Å². The van der Waals surface area contributed by atoms with Gasteiger partial charge >= 0.3 is 0 Å². The van der Waals surface area contributed by atoms with Crippen molar-refractivity contribution in [1.29, 1.82) is 0 Å². The number of hydrogen-bond donors (Lipinski definition) is 2. The molecule has 0 aliphatic rings. The van der Waals surface area contributed by atoms with E-state index >= 15 is 0 Å². The summed E-state index contributed by atoms with van der Waals surface area (Å²) in [4.78, 5) is 11.6. The van der Waals surface area contributed by atoms with Gasteiger partial charge in [-0.2, -0.15) is 0 Å². The minimum atomic E-state index is -0.00601. The molecule has 0 saturated heterocycles. The van der Waals surface area contributed by atoms with Gasteiger partial charge in [-0.1, -0.05) is 36.2 Å². The van der Waals surface area contributed by atoms with E-state index in [-0.39, 0.29) is 24.5 Å². The third kappa shape index (κ3) is 5.39. The maximum absolute atomic E-state index is 11.6. The van der Waals surface area contributed by atoms with Crippen LogP contribution in [0.25, 0.3) is 0 Å².